The van der Waals surface area contributed by atoms with Gasteiger partial charge in [-0.3, -0.25) is 0 Å². The molecule has 1 aromatic carbocycles. The van der Waals surface area contributed by atoms with Crippen LogP contribution in [0.25, 0.3) is 5.69 Å². The van der Waals surface area contributed by atoms with E-state index in [0.29, 0.717) is 16.3 Å². The molecule has 5 heteroatoms. The van der Waals surface area contributed by atoms with Gasteiger partial charge in [-0.25, -0.2) is 9.48 Å². The summed E-state index contributed by atoms with van der Waals surface area (Å²) in [7, 11) is 0. The lowest BCUT2D eigenvalue weighted by atomic mass is 10.2. The van der Waals surface area contributed by atoms with E-state index in [9.17, 15) is 4.79 Å². The molecule has 0 fully saturated rings. The molecule has 1 N–H and O–H groups in total. The summed E-state index contributed by atoms with van der Waals surface area (Å²) in [5, 5.41) is 13.5. The zero-order chi connectivity index (χ0) is 12.6. The summed E-state index contributed by atoms with van der Waals surface area (Å²) in [6.45, 7) is 3.64. The summed E-state index contributed by atoms with van der Waals surface area (Å²) in [5.74, 6) is -1.04. The number of carbonyl (C=O) groups is 1. The molecule has 1 heterocycles. The summed E-state index contributed by atoms with van der Waals surface area (Å²) in [6.07, 6.45) is 1.66. The zero-order valence-corrected chi connectivity index (χ0v) is 10.2. The second-order valence-corrected chi connectivity index (χ2v) is 4.27. The number of halogens is 1. The van der Waals surface area contributed by atoms with Crippen LogP contribution in [0.2, 0.25) is 5.02 Å². The SMILES string of the molecule is Cc1ccc(Cl)c(-n2cc(C)c(C(=O)O)n2)c1. The van der Waals surface area contributed by atoms with Gasteiger partial charge in [-0.05, 0) is 31.5 Å². The number of aromatic nitrogens is 2. The molecule has 88 valence electrons. The second-order valence-electron chi connectivity index (χ2n) is 3.87. The number of carboxylic acid groups (broad SMARTS) is 1. The van der Waals surface area contributed by atoms with E-state index >= 15 is 0 Å². The van der Waals surface area contributed by atoms with Crippen LogP contribution in [0.15, 0.2) is 24.4 Å². The number of aromatic carboxylic acids is 1. The number of carboxylic acids is 1. The third kappa shape index (κ3) is 2.17. The van der Waals surface area contributed by atoms with Crippen LogP contribution < -0.4 is 0 Å². The Morgan fingerprint density at radius 1 is 1.41 bits per heavy atom. The van der Waals surface area contributed by atoms with Crippen molar-refractivity contribution in [3.8, 4) is 5.69 Å². The molecule has 0 aliphatic rings. The Morgan fingerprint density at radius 2 is 2.12 bits per heavy atom. The standard InChI is InChI=1S/C12H11ClN2O2/c1-7-3-4-9(13)10(5-7)15-6-8(2)11(14-15)12(16)17/h3-6H,1-2H3,(H,16,17). The number of aryl methyl sites for hydroxylation is 2. The molecule has 0 amide bonds. The van der Waals surface area contributed by atoms with Crippen molar-refractivity contribution in [1.82, 2.24) is 9.78 Å². The fourth-order valence-electron chi connectivity index (χ4n) is 1.59. The van der Waals surface area contributed by atoms with Gasteiger partial charge in [0.1, 0.15) is 0 Å². The lowest BCUT2D eigenvalue weighted by molar-refractivity contribution is 0.0689. The summed E-state index contributed by atoms with van der Waals surface area (Å²) in [5.41, 5.74) is 2.37. The highest BCUT2D eigenvalue weighted by Gasteiger charge is 2.14. The van der Waals surface area contributed by atoms with Crippen LogP contribution in [0.4, 0.5) is 0 Å². The minimum absolute atomic E-state index is 0.0440. The van der Waals surface area contributed by atoms with E-state index < -0.39 is 5.97 Å². The maximum atomic E-state index is 10.9. The molecule has 4 nitrogen and oxygen atoms in total. The van der Waals surface area contributed by atoms with Crippen LogP contribution in [0.5, 0.6) is 0 Å². The van der Waals surface area contributed by atoms with Gasteiger partial charge in [0.15, 0.2) is 5.69 Å². The Morgan fingerprint density at radius 3 is 2.71 bits per heavy atom. The van der Waals surface area contributed by atoms with Gasteiger partial charge < -0.3 is 5.11 Å². The quantitative estimate of drug-likeness (QED) is 0.892. The first-order valence-corrected chi connectivity index (χ1v) is 5.43. The Balaban J connectivity index is 2.57. The molecule has 0 aliphatic heterocycles. The highest BCUT2D eigenvalue weighted by molar-refractivity contribution is 6.32. The maximum absolute atomic E-state index is 10.9. The fraction of sp³-hybridized carbons (Fsp3) is 0.167. The summed E-state index contributed by atoms with van der Waals surface area (Å²) < 4.78 is 1.49. The Labute approximate surface area is 103 Å². The lowest BCUT2D eigenvalue weighted by Gasteiger charge is -2.04. The van der Waals surface area contributed by atoms with Gasteiger partial charge in [0.2, 0.25) is 0 Å². The van der Waals surface area contributed by atoms with Crippen molar-refractivity contribution < 1.29 is 9.90 Å². The van der Waals surface area contributed by atoms with Crippen molar-refractivity contribution in [2.24, 2.45) is 0 Å². The van der Waals surface area contributed by atoms with Gasteiger partial charge >= 0.3 is 5.97 Å². The van der Waals surface area contributed by atoms with Crippen LogP contribution in [-0.4, -0.2) is 20.9 Å². The lowest BCUT2D eigenvalue weighted by Crippen LogP contribution is -2.02. The Bertz CT molecular complexity index is 590. The molecule has 0 radical (unpaired) electrons. The minimum Gasteiger partial charge on any atom is -0.476 e. The molecule has 2 rings (SSSR count). The van der Waals surface area contributed by atoms with Gasteiger partial charge in [0.25, 0.3) is 0 Å². The van der Waals surface area contributed by atoms with Crippen molar-refractivity contribution in [3.63, 3.8) is 0 Å². The zero-order valence-electron chi connectivity index (χ0n) is 9.44. The van der Waals surface area contributed by atoms with E-state index in [4.69, 9.17) is 16.7 Å². The van der Waals surface area contributed by atoms with Crippen LogP contribution >= 0.6 is 11.6 Å². The van der Waals surface area contributed by atoms with E-state index in [0.717, 1.165) is 5.56 Å². The topological polar surface area (TPSA) is 55.1 Å². The predicted molar refractivity (Wildman–Crippen MR) is 65.0 cm³/mol. The molecule has 17 heavy (non-hydrogen) atoms. The molecule has 0 atom stereocenters. The van der Waals surface area contributed by atoms with Crippen LogP contribution in [0, 0.1) is 13.8 Å². The number of nitrogens with zero attached hydrogens (tertiary/aromatic N) is 2. The van der Waals surface area contributed by atoms with E-state index in [2.05, 4.69) is 5.10 Å². The summed E-state index contributed by atoms with van der Waals surface area (Å²) in [6, 6.07) is 5.52. The van der Waals surface area contributed by atoms with Crippen molar-refractivity contribution in [1.29, 1.82) is 0 Å². The van der Waals surface area contributed by atoms with E-state index in [-0.39, 0.29) is 5.69 Å². The molecule has 0 bridgehead atoms. The minimum atomic E-state index is -1.04. The van der Waals surface area contributed by atoms with Gasteiger partial charge in [0, 0.05) is 11.8 Å². The molecule has 0 aliphatic carbocycles. The molecule has 2 aromatic rings. The largest absolute Gasteiger partial charge is 0.476 e. The fourth-order valence-corrected chi connectivity index (χ4v) is 1.80. The van der Waals surface area contributed by atoms with Crippen molar-refractivity contribution >= 4 is 17.6 Å². The molecular formula is C12H11ClN2O2. The summed E-state index contributed by atoms with van der Waals surface area (Å²) in [4.78, 5) is 10.9. The third-order valence-corrected chi connectivity index (χ3v) is 2.77. The first kappa shape index (κ1) is 11.7. The van der Waals surface area contributed by atoms with Crippen LogP contribution in [0.3, 0.4) is 0 Å². The smallest absolute Gasteiger partial charge is 0.356 e. The first-order valence-electron chi connectivity index (χ1n) is 5.05. The predicted octanol–water partition coefficient (Wildman–Crippen LogP) is 2.84. The van der Waals surface area contributed by atoms with Gasteiger partial charge in [-0.15, -0.1) is 0 Å². The number of benzene rings is 1. The van der Waals surface area contributed by atoms with E-state index in [1.807, 2.05) is 19.1 Å². The first-order chi connectivity index (χ1) is 7.99. The van der Waals surface area contributed by atoms with Gasteiger partial charge in [-0.2, -0.15) is 5.10 Å². The van der Waals surface area contributed by atoms with E-state index in [1.165, 1.54) is 4.68 Å². The molecule has 1 aromatic heterocycles. The van der Waals surface area contributed by atoms with Crippen LogP contribution in [-0.2, 0) is 0 Å². The highest BCUT2D eigenvalue weighted by atomic mass is 35.5. The van der Waals surface area contributed by atoms with Crippen molar-refractivity contribution in [3.05, 3.63) is 46.2 Å². The Kier molecular flexibility index (Phi) is 2.90. The molecule has 0 saturated carbocycles. The monoisotopic (exact) mass is 250 g/mol. The van der Waals surface area contributed by atoms with Crippen LogP contribution in [0.1, 0.15) is 21.6 Å². The van der Waals surface area contributed by atoms with Crippen molar-refractivity contribution in [2.75, 3.05) is 0 Å². The molecular weight excluding hydrogens is 240 g/mol. The summed E-state index contributed by atoms with van der Waals surface area (Å²) >= 11 is 6.06. The Hall–Kier alpha value is -1.81. The highest BCUT2D eigenvalue weighted by Crippen LogP contribution is 2.22. The molecule has 0 spiro atoms. The second kappa shape index (κ2) is 4.22. The van der Waals surface area contributed by atoms with E-state index in [1.54, 1.807) is 19.2 Å². The third-order valence-electron chi connectivity index (χ3n) is 2.45. The number of hydrogen-bond donors (Lipinski definition) is 1. The number of hydrogen-bond acceptors (Lipinski definition) is 2. The number of rotatable bonds is 2. The van der Waals surface area contributed by atoms with Gasteiger partial charge in [0.05, 0.1) is 10.7 Å². The maximum Gasteiger partial charge on any atom is 0.356 e. The normalized spacial score (nSPS) is 10.5. The molecule has 0 saturated heterocycles. The van der Waals surface area contributed by atoms with Crippen molar-refractivity contribution in [2.45, 2.75) is 13.8 Å². The average Bonchev–Trinajstić information content (AvgIpc) is 2.64. The molecule has 0 unspecified atom stereocenters. The van der Waals surface area contributed by atoms with Gasteiger partial charge in [-0.1, -0.05) is 17.7 Å². The average molecular weight is 251 g/mol.